The van der Waals surface area contributed by atoms with E-state index in [1.165, 1.54) is 24.2 Å². The average molecular weight is 742 g/mol. The molecule has 0 aliphatic heterocycles. The smallest absolute Gasteiger partial charge is 0.416 e. The lowest BCUT2D eigenvalue weighted by Crippen LogP contribution is -2.33. The van der Waals surface area contributed by atoms with Gasteiger partial charge in [0.1, 0.15) is 12.1 Å². The van der Waals surface area contributed by atoms with Crippen molar-refractivity contribution in [3.8, 4) is 5.75 Å². The van der Waals surface area contributed by atoms with Crippen molar-refractivity contribution in [3.05, 3.63) is 64.7 Å². The number of ether oxygens (including phenoxy) is 1. The van der Waals surface area contributed by atoms with Crippen LogP contribution in [0.15, 0.2) is 36.7 Å². The molecule has 1 atom stereocenters. The summed E-state index contributed by atoms with van der Waals surface area (Å²) >= 11 is 0. The second-order valence-electron chi connectivity index (χ2n) is 13.1. The van der Waals surface area contributed by atoms with Crippen LogP contribution in [0.5, 0.6) is 5.75 Å². The van der Waals surface area contributed by atoms with E-state index in [2.05, 4.69) is 20.0 Å². The Morgan fingerprint density at radius 1 is 1.00 bits per heavy atom. The summed E-state index contributed by atoms with van der Waals surface area (Å²) < 4.78 is 114. The summed E-state index contributed by atoms with van der Waals surface area (Å²) in [5.74, 6) is 0.322. The molecular weight excluding hydrogens is 700 g/mol. The first-order valence-electron chi connectivity index (χ1n) is 16.6. The van der Waals surface area contributed by atoms with Crippen molar-refractivity contribution in [1.82, 2.24) is 24.7 Å². The maximum Gasteiger partial charge on any atom is 0.416 e. The average Bonchev–Trinajstić information content (AvgIpc) is 3.67. The molecule has 3 aromatic heterocycles. The number of fused-ring (bicyclic) bond motifs is 1. The van der Waals surface area contributed by atoms with E-state index >= 15 is 0 Å². The molecule has 1 saturated carbocycles. The number of halogens is 6. The molecule has 1 aliphatic carbocycles. The van der Waals surface area contributed by atoms with Crippen LogP contribution in [0.2, 0.25) is 0 Å². The Labute approximate surface area is 292 Å². The van der Waals surface area contributed by atoms with Gasteiger partial charge in [-0.3, -0.25) is 4.68 Å². The molecule has 5 rings (SSSR count). The van der Waals surface area contributed by atoms with Gasteiger partial charge in [-0.25, -0.2) is 23.4 Å². The van der Waals surface area contributed by atoms with E-state index in [0.717, 1.165) is 49.7 Å². The van der Waals surface area contributed by atoms with Gasteiger partial charge in [0.25, 0.3) is 0 Å². The molecule has 0 radical (unpaired) electrons. The number of pyridine rings is 1. The number of benzene rings is 1. The first kappa shape index (κ1) is 38.1. The van der Waals surface area contributed by atoms with Crippen LogP contribution in [0.1, 0.15) is 73.7 Å². The molecule has 17 heteroatoms. The number of hydrogen-bond acceptors (Lipinski definition) is 9. The predicted molar refractivity (Wildman–Crippen MR) is 181 cm³/mol. The Bertz CT molecular complexity index is 1910. The number of anilines is 2. The van der Waals surface area contributed by atoms with Gasteiger partial charge in [-0.05, 0) is 69.4 Å². The highest BCUT2D eigenvalue weighted by Gasteiger charge is 2.38. The van der Waals surface area contributed by atoms with Gasteiger partial charge in [-0.15, -0.1) is 0 Å². The molecule has 10 nitrogen and oxygen atoms in total. The number of hydrogen-bond donors (Lipinski definition) is 0. The van der Waals surface area contributed by atoms with Gasteiger partial charge in [-0.2, -0.15) is 31.4 Å². The Kier molecular flexibility index (Phi) is 11.1. The fraction of sp³-hybridized carbons (Fsp3) is 0.529. The van der Waals surface area contributed by atoms with Gasteiger partial charge in [0.05, 0.1) is 64.5 Å². The molecule has 278 valence electrons. The monoisotopic (exact) mass is 741 g/mol. The highest BCUT2D eigenvalue weighted by atomic mass is 32.2. The summed E-state index contributed by atoms with van der Waals surface area (Å²) in [4.78, 5) is 17.5. The molecule has 0 saturated heterocycles. The summed E-state index contributed by atoms with van der Waals surface area (Å²) in [6.07, 6.45) is -2.02. The molecule has 1 aliphatic rings. The molecule has 0 N–H and O–H groups in total. The summed E-state index contributed by atoms with van der Waals surface area (Å²) in [6, 6.07) is 2.37. The van der Waals surface area contributed by atoms with Crippen LogP contribution in [0.4, 0.5) is 38.0 Å². The predicted octanol–water partition coefficient (Wildman–Crippen LogP) is 7.31. The summed E-state index contributed by atoms with van der Waals surface area (Å²) in [6.45, 7) is 6.43. The van der Waals surface area contributed by atoms with E-state index in [4.69, 9.17) is 9.72 Å². The van der Waals surface area contributed by atoms with E-state index in [9.17, 15) is 34.8 Å². The fourth-order valence-electron chi connectivity index (χ4n) is 6.45. The Balaban J connectivity index is 1.63. The number of nitrogens with zero attached hydrogens (tertiary/aromatic N) is 7. The zero-order valence-corrected chi connectivity index (χ0v) is 29.8. The Hall–Kier alpha value is -4.15. The largest absolute Gasteiger partial charge is 0.489 e. The topological polar surface area (TPSA) is 106 Å². The molecular formula is C34H41F6N7O3S. The first-order chi connectivity index (χ1) is 23.8. The second-order valence-corrected chi connectivity index (χ2v) is 15.3. The third-order valence-electron chi connectivity index (χ3n) is 9.20. The lowest BCUT2D eigenvalue weighted by molar-refractivity contribution is -0.143. The minimum absolute atomic E-state index is 0.0152. The van der Waals surface area contributed by atoms with Crippen LogP contribution in [0.25, 0.3) is 11.0 Å². The maximum absolute atomic E-state index is 13.9. The summed E-state index contributed by atoms with van der Waals surface area (Å²) in [5, 5.41) is 4.53. The molecule has 0 amide bonds. The van der Waals surface area contributed by atoms with Gasteiger partial charge < -0.3 is 14.5 Å². The second kappa shape index (κ2) is 14.8. The van der Waals surface area contributed by atoms with Crippen molar-refractivity contribution in [1.29, 1.82) is 0 Å². The van der Waals surface area contributed by atoms with E-state index < -0.39 is 39.4 Å². The standard InChI is InChI=1S/C34H41F6N7O3S/c1-6-46(19-23-9-7-8-10-23)29-16-30-31(21(2)44-45(30)4)43-28(29)20-47(32-41-17-27(18-42-32)50-11-12-51(5,48)49)22(3)24-13-25(33(35,36)37)15-26(14-24)34(38,39)40/h13-18,22-23H,6-12,19-20H2,1-5H3. The zero-order chi connectivity index (χ0) is 37.3. The molecule has 4 aromatic rings. The van der Waals surface area contributed by atoms with E-state index in [1.807, 2.05) is 19.9 Å². The van der Waals surface area contributed by atoms with Crippen LogP contribution in [0, 0.1) is 12.8 Å². The lowest BCUT2D eigenvalue weighted by Gasteiger charge is -2.33. The number of alkyl halides is 6. The quantitative estimate of drug-likeness (QED) is 0.131. The highest BCUT2D eigenvalue weighted by molar-refractivity contribution is 7.90. The number of rotatable bonds is 13. The summed E-state index contributed by atoms with van der Waals surface area (Å²) in [5.41, 5.74) is 0.184. The van der Waals surface area contributed by atoms with Crippen molar-refractivity contribution in [2.75, 3.05) is 41.5 Å². The first-order valence-corrected chi connectivity index (χ1v) is 18.7. The SMILES string of the molecule is CCN(CC1CCCC1)c1cc2c(nc1CN(c1ncc(OCCS(C)(=O)=O)cn1)C(C)c1cc(C(F)(F)F)cc(C(F)(F)F)c1)c(C)nn2C. The molecule has 1 fully saturated rings. The summed E-state index contributed by atoms with van der Waals surface area (Å²) in [7, 11) is -1.50. The maximum atomic E-state index is 13.9. The van der Waals surface area contributed by atoms with Crippen molar-refractivity contribution in [3.63, 3.8) is 0 Å². The van der Waals surface area contributed by atoms with Crippen molar-refractivity contribution in [2.45, 2.75) is 71.4 Å². The van der Waals surface area contributed by atoms with Gasteiger partial charge in [0.15, 0.2) is 15.6 Å². The van der Waals surface area contributed by atoms with Crippen LogP contribution < -0.4 is 14.5 Å². The number of aryl methyl sites for hydroxylation is 2. The van der Waals surface area contributed by atoms with Gasteiger partial charge in [0, 0.05) is 26.4 Å². The number of sulfone groups is 1. The Morgan fingerprint density at radius 2 is 1.61 bits per heavy atom. The van der Waals surface area contributed by atoms with Crippen LogP contribution >= 0.6 is 0 Å². The molecule has 0 bridgehead atoms. The van der Waals surface area contributed by atoms with Crippen molar-refractivity contribution < 1.29 is 39.5 Å². The van der Waals surface area contributed by atoms with E-state index in [0.29, 0.717) is 41.5 Å². The Morgan fingerprint density at radius 3 is 2.16 bits per heavy atom. The van der Waals surface area contributed by atoms with Crippen molar-refractivity contribution >= 4 is 32.5 Å². The number of aromatic nitrogens is 5. The van der Waals surface area contributed by atoms with Crippen LogP contribution in [-0.4, -0.2) is 64.9 Å². The fourth-order valence-corrected chi connectivity index (χ4v) is 6.83. The van der Waals surface area contributed by atoms with E-state index in [-0.39, 0.29) is 42.2 Å². The molecule has 1 unspecified atom stereocenters. The van der Waals surface area contributed by atoms with Gasteiger partial charge in [0.2, 0.25) is 5.95 Å². The van der Waals surface area contributed by atoms with Crippen LogP contribution in [-0.2, 0) is 35.8 Å². The zero-order valence-electron chi connectivity index (χ0n) is 29.0. The third-order valence-corrected chi connectivity index (χ3v) is 10.1. The molecule has 51 heavy (non-hydrogen) atoms. The van der Waals surface area contributed by atoms with Crippen molar-refractivity contribution in [2.24, 2.45) is 13.0 Å². The van der Waals surface area contributed by atoms with Crippen LogP contribution in [0.3, 0.4) is 0 Å². The normalized spacial score (nSPS) is 15.0. The van der Waals surface area contributed by atoms with Gasteiger partial charge >= 0.3 is 12.4 Å². The highest BCUT2D eigenvalue weighted by Crippen LogP contribution is 2.40. The van der Waals surface area contributed by atoms with E-state index in [1.54, 1.807) is 11.7 Å². The lowest BCUT2D eigenvalue weighted by atomic mass is 9.99. The molecule has 1 aromatic carbocycles. The molecule has 0 spiro atoms. The minimum Gasteiger partial charge on any atom is -0.489 e. The minimum atomic E-state index is -5.04. The molecule has 3 heterocycles. The van der Waals surface area contributed by atoms with Gasteiger partial charge in [-0.1, -0.05) is 12.8 Å². The third kappa shape index (κ3) is 9.21.